The molecule has 7 aromatic carbocycles. The number of fused-ring (bicyclic) bond motifs is 6. The molecule has 10 rings (SSSR count). The zero-order valence-electron chi connectivity index (χ0n) is 28.8. The summed E-state index contributed by atoms with van der Waals surface area (Å²) in [5, 5.41) is 2.08. The predicted molar refractivity (Wildman–Crippen MR) is 212 cm³/mol. The smallest absolute Gasteiger partial charge is 0.167 e. The number of para-hydroxylation sites is 2. The highest BCUT2D eigenvalue weighted by atomic mass is 16.3. The van der Waals surface area contributed by atoms with Crippen LogP contribution in [0.1, 0.15) is 25.0 Å². The zero-order chi connectivity index (χ0) is 34.8. The van der Waals surface area contributed by atoms with Crippen molar-refractivity contribution in [2.75, 3.05) is 0 Å². The Morgan fingerprint density at radius 3 is 1.65 bits per heavy atom. The van der Waals surface area contributed by atoms with E-state index < -0.39 is 0 Å². The Balaban J connectivity index is 1.12. The van der Waals surface area contributed by atoms with Crippen LogP contribution >= 0.6 is 0 Å². The summed E-state index contributed by atoms with van der Waals surface area (Å²) in [5.74, 6) is 1.79. The Morgan fingerprint density at radius 2 is 0.885 bits per heavy atom. The Morgan fingerprint density at radius 1 is 0.365 bits per heavy atom. The lowest BCUT2D eigenvalue weighted by atomic mass is 9.81. The molecule has 9 aromatic rings. The molecule has 246 valence electrons. The van der Waals surface area contributed by atoms with Crippen LogP contribution in [0.4, 0.5) is 0 Å². The van der Waals surface area contributed by atoms with Crippen molar-refractivity contribution in [3.63, 3.8) is 0 Å². The van der Waals surface area contributed by atoms with Crippen molar-refractivity contribution in [2.45, 2.75) is 19.3 Å². The van der Waals surface area contributed by atoms with Gasteiger partial charge in [0.05, 0.1) is 5.56 Å². The van der Waals surface area contributed by atoms with E-state index in [0.29, 0.717) is 17.5 Å². The van der Waals surface area contributed by atoms with Crippen LogP contribution in [0.3, 0.4) is 0 Å². The molecule has 0 saturated carbocycles. The predicted octanol–water partition coefficient (Wildman–Crippen LogP) is 12.4. The van der Waals surface area contributed by atoms with Crippen molar-refractivity contribution >= 4 is 21.9 Å². The molecule has 2 aromatic heterocycles. The van der Waals surface area contributed by atoms with Gasteiger partial charge in [-0.25, -0.2) is 15.0 Å². The third-order valence-corrected chi connectivity index (χ3v) is 10.6. The van der Waals surface area contributed by atoms with Crippen molar-refractivity contribution in [3.8, 4) is 67.5 Å². The lowest BCUT2D eigenvalue weighted by molar-refractivity contribution is 0.660. The highest BCUT2D eigenvalue weighted by Gasteiger charge is 2.35. The Hall–Kier alpha value is -6.65. The van der Waals surface area contributed by atoms with E-state index in [0.717, 1.165) is 55.3 Å². The Labute approximate surface area is 302 Å². The second-order valence-electron chi connectivity index (χ2n) is 14.0. The molecular formula is C48H33N3O. The fraction of sp³-hybridized carbons (Fsp3) is 0.0625. The van der Waals surface area contributed by atoms with Crippen molar-refractivity contribution < 1.29 is 4.42 Å². The van der Waals surface area contributed by atoms with E-state index in [9.17, 15) is 0 Å². The molecule has 1 aliphatic rings. The van der Waals surface area contributed by atoms with Crippen LogP contribution in [-0.2, 0) is 5.41 Å². The summed E-state index contributed by atoms with van der Waals surface area (Å²) < 4.78 is 6.77. The highest BCUT2D eigenvalue weighted by molar-refractivity contribution is 6.12. The van der Waals surface area contributed by atoms with Crippen LogP contribution in [0.15, 0.2) is 168 Å². The van der Waals surface area contributed by atoms with Gasteiger partial charge in [-0.2, -0.15) is 0 Å². The average Bonchev–Trinajstić information content (AvgIpc) is 3.70. The van der Waals surface area contributed by atoms with Crippen LogP contribution in [0.25, 0.3) is 89.5 Å². The molecule has 0 atom stereocenters. The van der Waals surface area contributed by atoms with Gasteiger partial charge in [-0.3, -0.25) is 0 Å². The van der Waals surface area contributed by atoms with Gasteiger partial charge in [-0.15, -0.1) is 0 Å². The van der Waals surface area contributed by atoms with E-state index in [-0.39, 0.29) is 5.41 Å². The Bertz CT molecular complexity index is 2820. The Kier molecular flexibility index (Phi) is 6.80. The van der Waals surface area contributed by atoms with Gasteiger partial charge in [-0.05, 0) is 57.1 Å². The lowest BCUT2D eigenvalue weighted by Crippen LogP contribution is -2.14. The molecule has 0 amide bonds. The number of nitrogens with zero attached hydrogens (tertiary/aromatic N) is 3. The first-order valence-corrected chi connectivity index (χ1v) is 17.7. The number of rotatable bonds is 5. The molecule has 0 bridgehead atoms. The second kappa shape index (κ2) is 11.7. The fourth-order valence-electron chi connectivity index (χ4n) is 7.90. The summed E-state index contributed by atoms with van der Waals surface area (Å²) >= 11 is 0. The average molecular weight is 668 g/mol. The first kappa shape index (κ1) is 30.2. The number of furan rings is 1. The molecule has 0 fully saturated rings. The summed E-state index contributed by atoms with van der Waals surface area (Å²) in [6.07, 6.45) is 0. The lowest BCUT2D eigenvalue weighted by Gasteiger charge is -2.22. The first-order chi connectivity index (χ1) is 25.5. The second-order valence-corrected chi connectivity index (χ2v) is 14.0. The minimum Gasteiger partial charge on any atom is -0.455 e. The van der Waals surface area contributed by atoms with E-state index in [1.807, 2.05) is 42.5 Å². The van der Waals surface area contributed by atoms with Gasteiger partial charge in [0.15, 0.2) is 17.5 Å². The summed E-state index contributed by atoms with van der Waals surface area (Å²) in [6, 6.07) is 57.2. The van der Waals surface area contributed by atoms with E-state index in [2.05, 4.69) is 135 Å². The standard InChI is InChI=1S/C48H33N3O/c1-48(2)41-25-10-9-20-36(41)37-27-26-33(29-42(37)48)32-18-11-19-34(28-32)46-49-45(31-16-7-4-8-17-31)50-47(51-46)40-24-13-23-39-38-22-12-21-35(43(38)52-44(39)40)30-14-5-3-6-15-30/h3-29H,1-2H3. The maximum absolute atomic E-state index is 6.77. The summed E-state index contributed by atoms with van der Waals surface area (Å²) in [6.45, 7) is 4.64. The highest BCUT2D eigenvalue weighted by Crippen LogP contribution is 2.49. The number of benzene rings is 7. The van der Waals surface area contributed by atoms with Crippen molar-refractivity contribution in [1.29, 1.82) is 0 Å². The molecule has 1 aliphatic carbocycles. The van der Waals surface area contributed by atoms with Crippen molar-refractivity contribution in [1.82, 2.24) is 15.0 Å². The van der Waals surface area contributed by atoms with E-state index in [4.69, 9.17) is 19.4 Å². The summed E-state index contributed by atoms with van der Waals surface area (Å²) in [7, 11) is 0. The molecule has 0 N–H and O–H groups in total. The molecule has 0 radical (unpaired) electrons. The zero-order valence-corrected chi connectivity index (χ0v) is 28.8. The normalized spacial score (nSPS) is 13.0. The monoisotopic (exact) mass is 667 g/mol. The largest absolute Gasteiger partial charge is 0.455 e. The number of aromatic nitrogens is 3. The van der Waals surface area contributed by atoms with Crippen molar-refractivity contribution in [3.05, 3.63) is 175 Å². The van der Waals surface area contributed by atoms with Crippen LogP contribution in [0, 0.1) is 0 Å². The number of hydrogen-bond acceptors (Lipinski definition) is 4. The molecular weight excluding hydrogens is 635 g/mol. The van der Waals surface area contributed by atoms with Crippen LogP contribution in [0.2, 0.25) is 0 Å². The van der Waals surface area contributed by atoms with Gasteiger partial charge in [-0.1, -0.05) is 159 Å². The van der Waals surface area contributed by atoms with Crippen LogP contribution in [0.5, 0.6) is 0 Å². The SMILES string of the molecule is CC1(C)c2ccccc2-c2ccc(-c3cccc(-c4nc(-c5ccccc5)nc(-c5cccc6c5oc5c(-c7ccccc7)cccc56)n4)c3)cc21. The summed E-state index contributed by atoms with van der Waals surface area (Å²) in [5.41, 5.74) is 14.0. The molecule has 52 heavy (non-hydrogen) atoms. The quantitative estimate of drug-likeness (QED) is 0.183. The van der Waals surface area contributed by atoms with E-state index in [1.54, 1.807) is 0 Å². The van der Waals surface area contributed by atoms with Crippen LogP contribution in [-0.4, -0.2) is 15.0 Å². The van der Waals surface area contributed by atoms with Crippen molar-refractivity contribution in [2.24, 2.45) is 0 Å². The maximum Gasteiger partial charge on any atom is 0.167 e. The van der Waals surface area contributed by atoms with Gasteiger partial charge < -0.3 is 4.42 Å². The maximum atomic E-state index is 6.77. The van der Waals surface area contributed by atoms with Gasteiger partial charge >= 0.3 is 0 Å². The molecule has 4 heteroatoms. The molecule has 0 aliphatic heterocycles. The van der Waals surface area contributed by atoms with E-state index >= 15 is 0 Å². The third-order valence-electron chi connectivity index (χ3n) is 10.6. The number of hydrogen-bond donors (Lipinski definition) is 0. The first-order valence-electron chi connectivity index (χ1n) is 17.7. The minimum atomic E-state index is -0.0766. The van der Waals surface area contributed by atoms with E-state index in [1.165, 1.54) is 27.8 Å². The molecule has 0 saturated heterocycles. The molecule has 0 unspecified atom stereocenters. The third kappa shape index (κ3) is 4.79. The van der Waals surface area contributed by atoms with Gasteiger partial charge in [0, 0.05) is 32.9 Å². The molecule has 0 spiro atoms. The van der Waals surface area contributed by atoms with Crippen LogP contribution < -0.4 is 0 Å². The molecule has 2 heterocycles. The summed E-state index contributed by atoms with van der Waals surface area (Å²) in [4.78, 5) is 15.3. The van der Waals surface area contributed by atoms with Gasteiger partial charge in [0.2, 0.25) is 0 Å². The van der Waals surface area contributed by atoms with Gasteiger partial charge in [0.1, 0.15) is 11.2 Å². The topological polar surface area (TPSA) is 51.8 Å². The fourth-order valence-corrected chi connectivity index (χ4v) is 7.90. The van der Waals surface area contributed by atoms with Gasteiger partial charge in [0.25, 0.3) is 0 Å². The molecule has 4 nitrogen and oxygen atoms in total. The minimum absolute atomic E-state index is 0.0766.